The van der Waals surface area contributed by atoms with Crippen LogP contribution in [0.1, 0.15) is 37.9 Å². The first-order chi connectivity index (χ1) is 9.44. The summed E-state index contributed by atoms with van der Waals surface area (Å²) in [5.41, 5.74) is 10.7. The van der Waals surface area contributed by atoms with Crippen LogP contribution in [0.25, 0.3) is 11.1 Å². The summed E-state index contributed by atoms with van der Waals surface area (Å²) < 4.78 is 5.92. The van der Waals surface area contributed by atoms with Gasteiger partial charge in [-0.05, 0) is 55.2 Å². The normalized spacial score (nSPS) is 17.4. The van der Waals surface area contributed by atoms with Crippen LogP contribution in [0.5, 0.6) is 5.75 Å². The monoisotopic (exact) mass is 267 g/mol. The van der Waals surface area contributed by atoms with Gasteiger partial charge in [-0.15, -0.1) is 0 Å². The first-order valence-corrected chi connectivity index (χ1v) is 7.12. The molecule has 1 aliphatic rings. The number of ether oxygens (including phenoxy) is 1. The SMILES string of the molecule is CC(N)c1ccc(-c2ccc3c(c2)CC(C)(C)O3)cc1. The van der Waals surface area contributed by atoms with Crippen LogP contribution >= 0.6 is 0 Å². The third kappa shape index (κ3) is 2.44. The Balaban J connectivity index is 1.93. The molecule has 1 aliphatic heterocycles. The Morgan fingerprint density at radius 3 is 2.35 bits per heavy atom. The van der Waals surface area contributed by atoms with Crippen LogP contribution in [-0.2, 0) is 6.42 Å². The molecule has 1 unspecified atom stereocenters. The van der Waals surface area contributed by atoms with E-state index in [1.54, 1.807) is 0 Å². The predicted octanol–water partition coefficient (Wildman–Crippen LogP) is 4.09. The molecule has 0 fully saturated rings. The van der Waals surface area contributed by atoms with Crippen molar-refractivity contribution in [2.75, 3.05) is 0 Å². The number of rotatable bonds is 2. The lowest BCUT2D eigenvalue weighted by atomic mass is 9.97. The molecule has 0 aromatic heterocycles. The topological polar surface area (TPSA) is 35.2 Å². The molecule has 2 nitrogen and oxygen atoms in total. The van der Waals surface area contributed by atoms with Gasteiger partial charge in [-0.1, -0.05) is 30.3 Å². The Labute approximate surface area is 120 Å². The van der Waals surface area contributed by atoms with E-state index in [1.807, 2.05) is 6.92 Å². The minimum absolute atomic E-state index is 0.0817. The molecule has 2 N–H and O–H groups in total. The van der Waals surface area contributed by atoms with E-state index in [-0.39, 0.29) is 11.6 Å². The molecule has 3 rings (SSSR count). The maximum atomic E-state index is 5.92. The third-order valence-corrected chi connectivity index (χ3v) is 3.83. The van der Waals surface area contributed by atoms with Crippen LogP contribution in [0.15, 0.2) is 42.5 Å². The van der Waals surface area contributed by atoms with Crippen molar-refractivity contribution in [3.8, 4) is 16.9 Å². The fraction of sp³-hybridized carbons (Fsp3) is 0.333. The zero-order valence-electron chi connectivity index (χ0n) is 12.3. The van der Waals surface area contributed by atoms with Crippen molar-refractivity contribution < 1.29 is 4.74 Å². The van der Waals surface area contributed by atoms with Gasteiger partial charge in [0.05, 0.1) is 0 Å². The van der Waals surface area contributed by atoms with E-state index < -0.39 is 0 Å². The van der Waals surface area contributed by atoms with Crippen molar-refractivity contribution in [1.29, 1.82) is 0 Å². The molecule has 0 spiro atoms. The molecule has 0 bridgehead atoms. The quantitative estimate of drug-likeness (QED) is 0.889. The summed E-state index contributed by atoms with van der Waals surface area (Å²) in [7, 11) is 0. The summed E-state index contributed by atoms with van der Waals surface area (Å²) in [6.07, 6.45) is 0.966. The minimum atomic E-state index is -0.0835. The first-order valence-electron chi connectivity index (χ1n) is 7.12. The maximum Gasteiger partial charge on any atom is 0.123 e. The Bertz CT molecular complexity index is 626. The highest BCUT2D eigenvalue weighted by atomic mass is 16.5. The first kappa shape index (κ1) is 13.2. The molecule has 104 valence electrons. The number of benzene rings is 2. The lowest BCUT2D eigenvalue weighted by Gasteiger charge is -2.16. The van der Waals surface area contributed by atoms with Crippen molar-refractivity contribution in [1.82, 2.24) is 0 Å². The summed E-state index contributed by atoms with van der Waals surface area (Å²) >= 11 is 0. The second-order valence-corrected chi connectivity index (χ2v) is 6.27. The summed E-state index contributed by atoms with van der Waals surface area (Å²) in [4.78, 5) is 0. The summed E-state index contributed by atoms with van der Waals surface area (Å²) in [5.74, 6) is 1.02. The zero-order valence-corrected chi connectivity index (χ0v) is 12.3. The van der Waals surface area contributed by atoms with Crippen LogP contribution in [0.2, 0.25) is 0 Å². The van der Waals surface area contributed by atoms with E-state index in [9.17, 15) is 0 Å². The standard InChI is InChI=1S/C18H21NO/c1-12(19)13-4-6-14(7-5-13)15-8-9-17-16(10-15)11-18(2,3)20-17/h4-10,12H,11,19H2,1-3H3. The van der Waals surface area contributed by atoms with Crippen LogP contribution in [0, 0.1) is 0 Å². The van der Waals surface area contributed by atoms with Gasteiger partial charge in [0, 0.05) is 12.5 Å². The molecule has 0 radical (unpaired) electrons. The maximum absolute atomic E-state index is 5.92. The fourth-order valence-corrected chi connectivity index (χ4v) is 2.77. The highest BCUT2D eigenvalue weighted by molar-refractivity contribution is 5.66. The van der Waals surface area contributed by atoms with Gasteiger partial charge in [0.25, 0.3) is 0 Å². The molecule has 1 heterocycles. The average molecular weight is 267 g/mol. The van der Waals surface area contributed by atoms with Gasteiger partial charge in [-0.3, -0.25) is 0 Å². The summed E-state index contributed by atoms with van der Waals surface area (Å²) in [6.45, 7) is 6.26. The van der Waals surface area contributed by atoms with Gasteiger partial charge in [0.2, 0.25) is 0 Å². The van der Waals surface area contributed by atoms with Gasteiger partial charge in [-0.2, -0.15) is 0 Å². The Hall–Kier alpha value is -1.80. The Morgan fingerprint density at radius 1 is 1.05 bits per heavy atom. The van der Waals surface area contributed by atoms with Crippen LogP contribution in [0.3, 0.4) is 0 Å². The van der Waals surface area contributed by atoms with Crippen LogP contribution in [-0.4, -0.2) is 5.60 Å². The highest BCUT2D eigenvalue weighted by Crippen LogP contribution is 2.37. The molecule has 2 aromatic carbocycles. The fourth-order valence-electron chi connectivity index (χ4n) is 2.77. The summed E-state index contributed by atoms with van der Waals surface area (Å²) in [6, 6.07) is 15.0. The molecule has 0 aliphatic carbocycles. The largest absolute Gasteiger partial charge is 0.487 e. The zero-order chi connectivity index (χ0) is 14.3. The number of fused-ring (bicyclic) bond motifs is 1. The molecule has 1 atom stereocenters. The average Bonchev–Trinajstić information content (AvgIpc) is 2.71. The van der Waals surface area contributed by atoms with Crippen molar-refractivity contribution >= 4 is 0 Å². The predicted molar refractivity (Wildman–Crippen MR) is 82.9 cm³/mol. The molecule has 0 saturated carbocycles. The number of hydrogen-bond acceptors (Lipinski definition) is 2. The van der Waals surface area contributed by atoms with Gasteiger partial charge >= 0.3 is 0 Å². The van der Waals surface area contributed by atoms with Crippen LogP contribution < -0.4 is 10.5 Å². The molecular formula is C18H21NO. The third-order valence-electron chi connectivity index (χ3n) is 3.83. The summed E-state index contributed by atoms with van der Waals surface area (Å²) in [5, 5.41) is 0. The second-order valence-electron chi connectivity index (χ2n) is 6.27. The van der Waals surface area contributed by atoms with Crippen molar-refractivity contribution in [3.05, 3.63) is 53.6 Å². The van der Waals surface area contributed by atoms with E-state index in [1.165, 1.54) is 22.3 Å². The Morgan fingerprint density at radius 2 is 1.70 bits per heavy atom. The van der Waals surface area contributed by atoms with Crippen molar-refractivity contribution in [2.24, 2.45) is 5.73 Å². The van der Waals surface area contributed by atoms with Gasteiger partial charge in [0.15, 0.2) is 0 Å². The van der Waals surface area contributed by atoms with E-state index in [4.69, 9.17) is 10.5 Å². The lowest BCUT2D eigenvalue weighted by Crippen LogP contribution is -2.24. The smallest absolute Gasteiger partial charge is 0.123 e. The second kappa shape index (κ2) is 4.64. The van der Waals surface area contributed by atoms with Crippen molar-refractivity contribution in [2.45, 2.75) is 38.8 Å². The highest BCUT2D eigenvalue weighted by Gasteiger charge is 2.29. The van der Waals surface area contributed by atoms with Gasteiger partial charge < -0.3 is 10.5 Å². The van der Waals surface area contributed by atoms with E-state index in [0.717, 1.165) is 12.2 Å². The molecular weight excluding hydrogens is 246 g/mol. The van der Waals surface area contributed by atoms with Crippen molar-refractivity contribution in [3.63, 3.8) is 0 Å². The number of hydrogen-bond donors (Lipinski definition) is 1. The molecule has 0 saturated heterocycles. The van der Waals surface area contributed by atoms with E-state index in [0.29, 0.717) is 0 Å². The minimum Gasteiger partial charge on any atom is -0.487 e. The van der Waals surface area contributed by atoms with E-state index in [2.05, 4.69) is 56.3 Å². The molecule has 2 heteroatoms. The Kier molecular flexibility index (Phi) is 3.06. The molecule has 2 aromatic rings. The number of nitrogens with two attached hydrogens (primary N) is 1. The van der Waals surface area contributed by atoms with Gasteiger partial charge in [-0.25, -0.2) is 0 Å². The van der Waals surface area contributed by atoms with Gasteiger partial charge in [0.1, 0.15) is 11.4 Å². The molecule has 20 heavy (non-hydrogen) atoms. The van der Waals surface area contributed by atoms with E-state index >= 15 is 0 Å². The molecule has 0 amide bonds. The van der Waals surface area contributed by atoms with Crippen LogP contribution in [0.4, 0.5) is 0 Å². The lowest BCUT2D eigenvalue weighted by molar-refractivity contribution is 0.138.